The third kappa shape index (κ3) is 5.76. The fourth-order valence-electron chi connectivity index (χ4n) is 3.26. The van der Waals surface area contributed by atoms with Gasteiger partial charge in [0.05, 0.1) is 16.3 Å². The number of alkyl halides is 2. The van der Waals surface area contributed by atoms with Crippen LogP contribution in [0.5, 0.6) is 5.75 Å². The summed E-state index contributed by atoms with van der Waals surface area (Å²) in [5.41, 5.74) is 1.06. The molecule has 2 aromatic carbocycles. The average Bonchev–Trinajstić information content (AvgIpc) is 3.43. The van der Waals surface area contributed by atoms with Crippen LogP contribution in [0.15, 0.2) is 66.0 Å². The van der Waals surface area contributed by atoms with E-state index >= 15 is 0 Å². The molecule has 4 aromatic rings. The minimum absolute atomic E-state index is 0.107. The van der Waals surface area contributed by atoms with Crippen molar-refractivity contribution in [2.24, 2.45) is 0 Å². The average molecular weight is 510 g/mol. The van der Waals surface area contributed by atoms with Crippen LogP contribution in [0.4, 0.5) is 8.78 Å². The second-order valence-corrected chi connectivity index (χ2v) is 10.6. The molecular formula is C22H18ClF2N3O3S2. The molecule has 0 atom stereocenters. The van der Waals surface area contributed by atoms with E-state index in [1.807, 2.05) is 11.4 Å². The molecule has 0 saturated heterocycles. The standard InChI is InChI=1S/C22H18ClF2N3O3S2/c23-16-9-7-15(8-10-16)11-13-33(29,30)14-20-26-27-21(19-6-3-12-32-19)28(20)17-4-1-2-5-18(17)31-22(24)25/h1-10,12,22H,11,13-14H2. The monoisotopic (exact) mass is 509 g/mol. The van der Waals surface area contributed by atoms with Crippen LogP contribution in [0.2, 0.25) is 5.02 Å². The lowest BCUT2D eigenvalue weighted by Crippen LogP contribution is -2.16. The summed E-state index contributed by atoms with van der Waals surface area (Å²) in [5, 5.41) is 10.7. The fourth-order valence-corrected chi connectivity index (χ4v) is 5.36. The molecule has 0 aliphatic carbocycles. The summed E-state index contributed by atoms with van der Waals surface area (Å²) in [5.74, 6) is -0.185. The highest BCUT2D eigenvalue weighted by Crippen LogP contribution is 2.32. The second kappa shape index (κ2) is 9.98. The third-order valence-electron chi connectivity index (χ3n) is 4.76. The highest BCUT2D eigenvalue weighted by atomic mass is 35.5. The van der Waals surface area contributed by atoms with Gasteiger partial charge in [0.25, 0.3) is 0 Å². The van der Waals surface area contributed by atoms with Gasteiger partial charge < -0.3 is 4.74 Å². The van der Waals surface area contributed by atoms with E-state index in [0.29, 0.717) is 22.1 Å². The minimum Gasteiger partial charge on any atom is -0.433 e. The molecule has 0 unspecified atom stereocenters. The predicted molar refractivity (Wildman–Crippen MR) is 124 cm³/mol. The number of thiophene rings is 1. The molecule has 0 aliphatic rings. The number of nitrogens with zero attached hydrogens (tertiary/aromatic N) is 3. The van der Waals surface area contributed by atoms with Crippen molar-refractivity contribution in [2.45, 2.75) is 18.8 Å². The zero-order valence-corrected chi connectivity index (χ0v) is 19.5. The first-order chi connectivity index (χ1) is 15.8. The van der Waals surface area contributed by atoms with Crippen molar-refractivity contribution < 1.29 is 21.9 Å². The maximum absolute atomic E-state index is 13.0. The van der Waals surface area contributed by atoms with Gasteiger partial charge >= 0.3 is 6.61 Å². The predicted octanol–water partition coefficient (Wildman–Crippen LogP) is 5.41. The zero-order chi connectivity index (χ0) is 23.4. The number of aromatic nitrogens is 3. The molecule has 0 radical (unpaired) electrons. The summed E-state index contributed by atoms with van der Waals surface area (Å²) in [6.45, 7) is -3.04. The number of hydrogen-bond acceptors (Lipinski definition) is 6. The van der Waals surface area contributed by atoms with Crippen molar-refractivity contribution in [3.8, 4) is 22.1 Å². The molecule has 2 heterocycles. The van der Waals surface area contributed by atoms with E-state index in [9.17, 15) is 17.2 Å². The van der Waals surface area contributed by atoms with E-state index in [1.165, 1.54) is 22.0 Å². The Labute approximate surface area is 198 Å². The number of benzene rings is 2. The van der Waals surface area contributed by atoms with Crippen molar-refractivity contribution >= 4 is 32.8 Å². The van der Waals surface area contributed by atoms with Crippen LogP contribution in [0.25, 0.3) is 16.4 Å². The molecule has 6 nitrogen and oxygen atoms in total. The highest BCUT2D eigenvalue weighted by Gasteiger charge is 2.24. The van der Waals surface area contributed by atoms with Gasteiger partial charge in [0.15, 0.2) is 21.5 Å². The van der Waals surface area contributed by atoms with Crippen LogP contribution in [0.1, 0.15) is 11.4 Å². The summed E-state index contributed by atoms with van der Waals surface area (Å²) in [7, 11) is -3.61. The first-order valence-electron chi connectivity index (χ1n) is 9.79. The van der Waals surface area contributed by atoms with Gasteiger partial charge in [-0.15, -0.1) is 21.5 Å². The molecular weight excluding hydrogens is 492 g/mol. The summed E-state index contributed by atoms with van der Waals surface area (Å²) in [6.07, 6.45) is 0.302. The second-order valence-electron chi connectivity index (χ2n) is 7.07. The molecule has 0 aliphatic heterocycles. The maximum atomic E-state index is 13.0. The van der Waals surface area contributed by atoms with Crippen LogP contribution in [-0.4, -0.2) is 35.5 Å². The Morgan fingerprint density at radius 3 is 2.48 bits per heavy atom. The Balaban J connectivity index is 1.69. The van der Waals surface area contributed by atoms with Gasteiger partial charge in [0.2, 0.25) is 0 Å². The van der Waals surface area contributed by atoms with Crippen molar-refractivity contribution in [3.05, 3.63) is 82.5 Å². The molecule has 0 spiro atoms. The first-order valence-corrected chi connectivity index (χ1v) is 12.9. The first kappa shape index (κ1) is 23.3. The molecule has 0 saturated carbocycles. The largest absolute Gasteiger partial charge is 0.433 e. The quantitative estimate of drug-likeness (QED) is 0.302. The fraction of sp³-hybridized carbons (Fsp3) is 0.182. The zero-order valence-electron chi connectivity index (χ0n) is 17.1. The van der Waals surface area contributed by atoms with E-state index in [0.717, 1.165) is 5.56 Å². The lowest BCUT2D eigenvalue weighted by atomic mass is 10.2. The number of aryl methyl sites for hydroxylation is 1. The number of rotatable bonds is 9. The SMILES string of the molecule is O=S(=O)(CCc1ccc(Cl)cc1)Cc1nnc(-c2cccs2)n1-c1ccccc1OC(F)F. The minimum atomic E-state index is -3.61. The lowest BCUT2D eigenvalue weighted by Gasteiger charge is -2.15. The van der Waals surface area contributed by atoms with E-state index in [-0.39, 0.29) is 23.0 Å². The molecule has 172 valence electrons. The van der Waals surface area contributed by atoms with Crippen LogP contribution in [-0.2, 0) is 22.0 Å². The van der Waals surface area contributed by atoms with Crippen molar-refractivity contribution in [3.63, 3.8) is 0 Å². The van der Waals surface area contributed by atoms with Crippen molar-refractivity contribution in [2.75, 3.05) is 5.75 Å². The van der Waals surface area contributed by atoms with Crippen molar-refractivity contribution in [1.82, 2.24) is 14.8 Å². The topological polar surface area (TPSA) is 74.1 Å². The Morgan fingerprint density at radius 1 is 1.03 bits per heavy atom. The van der Waals surface area contributed by atoms with Gasteiger partial charge in [0, 0.05) is 5.02 Å². The summed E-state index contributed by atoms with van der Waals surface area (Å²) in [4.78, 5) is 0.708. The van der Waals surface area contributed by atoms with E-state index in [1.54, 1.807) is 48.5 Å². The Hall–Kier alpha value is -2.82. The highest BCUT2D eigenvalue weighted by molar-refractivity contribution is 7.90. The van der Waals surface area contributed by atoms with Gasteiger partial charge in [-0.2, -0.15) is 8.78 Å². The number of halogens is 3. The Kier molecular flexibility index (Phi) is 7.06. The molecule has 0 amide bonds. The van der Waals surface area contributed by atoms with Gasteiger partial charge in [-0.25, -0.2) is 8.42 Å². The van der Waals surface area contributed by atoms with Crippen LogP contribution in [0.3, 0.4) is 0 Å². The van der Waals surface area contributed by atoms with Crippen LogP contribution >= 0.6 is 22.9 Å². The molecule has 33 heavy (non-hydrogen) atoms. The van der Waals surface area contributed by atoms with E-state index in [4.69, 9.17) is 11.6 Å². The summed E-state index contributed by atoms with van der Waals surface area (Å²) < 4.78 is 58.0. The Morgan fingerprint density at radius 2 is 1.79 bits per heavy atom. The van der Waals surface area contributed by atoms with E-state index in [2.05, 4.69) is 14.9 Å². The number of hydrogen-bond donors (Lipinski definition) is 0. The van der Waals surface area contributed by atoms with Gasteiger partial charge in [-0.3, -0.25) is 4.57 Å². The molecule has 11 heteroatoms. The number of sulfone groups is 1. The lowest BCUT2D eigenvalue weighted by molar-refractivity contribution is -0.0498. The summed E-state index contributed by atoms with van der Waals surface area (Å²) >= 11 is 7.25. The molecule has 0 bridgehead atoms. The summed E-state index contributed by atoms with van der Waals surface area (Å²) in [6, 6.07) is 16.7. The maximum Gasteiger partial charge on any atom is 0.387 e. The van der Waals surface area contributed by atoms with Crippen LogP contribution in [0, 0.1) is 0 Å². The normalized spacial score (nSPS) is 11.8. The molecule has 2 aromatic heterocycles. The number of ether oxygens (including phenoxy) is 1. The van der Waals surface area contributed by atoms with Crippen molar-refractivity contribution in [1.29, 1.82) is 0 Å². The number of para-hydroxylation sites is 2. The third-order valence-corrected chi connectivity index (χ3v) is 7.40. The Bertz CT molecular complexity index is 1330. The molecule has 4 rings (SSSR count). The molecule has 0 fully saturated rings. The molecule has 0 N–H and O–H groups in total. The van der Waals surface area contributed by atoms with Gasteiger partial charge in [0.1, 0.15) is 11.5 Å². The smallest absolute Gasteiger partial charge is 0.387 e. The van der Waals surface area contributed by atoms with Gasteiger partial charge in [-0.1, -0.05) is 41.9 Å². The van der Waals surface area contributed by atoms with E-state index < -0.39 is 22.2 Å². The van der Waals surface area contributed by atoms with Gasteiger partial charge in [-0.05, 0) is 47.7 Å². The van der Waals surface area contributed by atoms with Crippen LogP contribution < -0.4 is 4.74 Å².